The zero-order valence-corrected chi connectivity index (χ0v) is 26.1. The lowest BCUT2D eigenvalue weighted by atomic mass is 10.0. The minimum absolute atomic E-state index is 0.0451. The molecule has 0 fully saturated rings. The van der Waals surface area contributed by atoms with Crippen molar-refractivity contribution in [3.63, 3.8) is 0 Å². The molecule has 0 aliphatic rings. The Kier molecular flexibility index (Phi) is 11.1. The van der Waals surface area contributed by atoms with Gasteiger partial charge in [-0.1, -0.05) is 11.3 Å². The number of hydroxylamine groups is 1. The number of aryl methyl sites for hydroxylation is 3. The van der Waals surface area contributed by atoms with Crippen molar-refractivity contribution in [3.05, 3.63) is 68.4 Å². The van der Waals surface area contributed by atoms with E-state index in [0.717, 1.165) is 4.57 Å². The number of aromatic nitrogens is 5. The van der Waals surface area contributed by atoms with Crippen molar-refractivity contribution in [2.75, 3.05) is 13.7 Å². The average molecular weight is 634 g/mol. The minimum Gasteiger partial charge on any atom is -0.496 e. The number of hydrogen-bond acceptors (Lipinski definition) is 10. The van der Waals surface area contributed by atoms with Crippen LogP contribution in [0, 0.1) is 12.7 Å². The van der Waals surface area contributed by atoms with Crippen molar-refractivity contribution < 1.29 is 29.0 Å². The normalized spacial score (nSPS) is 11.3. The molecule has 0 bridgehead atoms. The van der Waals surface area contributed by atoms with Crippen LogP contribution in [-0.4, -0.2) is 66.0 Å². The van der Waals surface area contributed by atoms with Gasteiger partial charge in [-0.3, -0.25) is 24.2 Å². The van der Waals surface area contributed by atoms with Crippen molar-refractivity contribution in [3.8, 4) is 10.8 Å². The molecule has 238 valence electrons. The number of hydrogen-bond donors (Lipinski definition) is 4. The second kappa shape index (κ2) is 14.4. The van der Waals surface area contributed by atoms with Gasteiger partial charge in [-0.15, -0.1) is 4.80 Å². The molecule has 0 unspecified atom stereocenters. The van der Waals surface area contributed by atoms with Crippen molar-refractivity contribution in [2.45, 2.75) is 65.6 Å². The van der Waals surface area contributed by atoms with E-state index in [1.54, 1.807) is 20.8 Å². The predicted octanol–water partition coefficient (Wildman–Crippen LogP) is 1.64. The van der Waals surface area contributed by atoms with Crippen LogP contribution < -0.4 is 26.8 Å². The van der Waals surface area contributed by atoms with E-state index in [4.69, 9.17) is 15.1 Å². The number of halogens is 1. The van der Waals surface area contributed by atoms with Crippen LogP contribution in [-0.2, 0) is 28.1 Å². The van der Waals surface area contributed by atoms with Crippen molar-refractivity contribution >= 4 is 33.4 Å². The van der Waals surface area contributed by atoms with Crippen LogP contribution in [0.2, 0.25) is 0 Å². The fraction of sp³-hybridized carbons (Fsp3) is 0.429. The first-order chi connectivity index (χ1) is 20.8. The summed E-state index contributed by atoms with van der Waals surface area (Å²) < 4.78 is 21.8. The number of amides is 2. The molecular weight excluding hydrogens is 597 g/mol. The summed E-state index contributed by atoms with van der Waals surface area (Å²) in [6.45, 7) is 8.33. The molecule has 0 aliphatic heterocycles. The Balaban J connectivity index is 0.000000676. The maximum atomic E-state index is 14.0. The van der Waals surface area contributed by atoms with Crippen molar-refractivity contribution in [1.29, 1.82) is 0 Å². The number of thiophene rings is 1. The van der Waals surface area contributed by atoms with Gasteiger partial charge in [-0.25, -0.2) is 19.2 Å². The number of fused-ring (bicyclic) bond motifs is 1. The molecule has 0 radical (unpaired) electrons. The smallest absolute Gasteiger partial charge is 0.333 e. The maximum Gasteiger partial charge on any atom is 0.333 e. The zero-order chi connectivity index (χ0) is 32.8. The topological polar surface area (TPSA) is 183 Å². The Morgan fingerprint density at radius 3 is 2.39 bits per heavy atom. The van der Waals surface area contributed by atoms with Gasteiger partial charge in [-0.05, 0) is 64.8 Å². The molecule has 0 saturated carbocycles. The molecule has 3 heterocycles. The number of methoxy groups -OCH3 is 1. The lowest BCUT2D eigenvalue weighted by Crippen LogP contribution is -2.56. The maximum absolute atomic E-state index is 14.0. The molecule has 4 aromatic rings. The van der Waals surface area contributed by atoms with Crippen molar-refractivity contribution in [1.82, 2.24) is 34.9 Å². The number of ether oxygens (including phenoxy) is 1. The summed E-state index contributed by atoms with van der Waals surface area (Å²) in [4.78, 5) is 52.5. The van der Waals surface area contributed by atoms with Crippen LogP contribution in [0.15, 0.2) is 40.2 Å². The van der Waals surface area contributed by atoms with E-state index < -0.39 is 34.4 Å². The molecule has 16 heteroatoms. The summed E-state index contributed by atoms with van der Waals surface area (Å²) in [5, 5.41) is 27.8. The molecule has 2 amide bonds. The third-order valence-corrected chi connectivity index (χ3v) is 7.91. The number of aliphatic hydroxyl groups excluding tert-OH is 1. The molecule has 14 nitrogen and oxygen atoms in total. The van der Waals surface area contributed by atoms with Crippen LogP contribution >= 0.6 is 11.3 Å². The van der Waals surface area contributed by atoms with E-state index in [1.165, 1.54) is 77.7 Å². The van der Waals surface area contributed by atoms with Crippen molar-refractivity contribution in [2.24, 2.45) is 0 Å². The zero-order valence-electron chi connectivity index (χ0n) is 25.3. The van der Waals surface area contributed by atoms with Gasteiger partial charge in [0, 0.05) is 18.2 Å². The summed E-state index contributed by atoms with van der Waals surface area (Å²) in [6.07, 6.45) is 3.24. The number of nitrogens with one attached hydrogen (secondary N) is 2. The van der Waals surface area contributed by atoms with E-state index in [2.05, 4.69) is 15.5 Å². The molecule has 0 saturated heterocycles. The number of benzene rings is 1. The number of carbonyl (C=O) groups excluding carboxylic acids is 2. The van der Waals surface area contributed by atoms with Crippen LogP contribution in [0.5, 0.6) is 5.75 Å². The van der Waals surface area contributed by atoms with E-state index in [1.807, 2.05) is 0 Å². The summed E-state index contributed by atoms with van der Waals surface area (Å²) in [5.41, 5.74) is -0.171. The quantitative estimate of drug-likeness (QED) is 0.149. The molecule has 0 aliphatic carbocycles. The number of nitrogens with zero attached hydrogens (tertiary/aromatic N) is 5. The lowest BCUT2D eigenvalue weighted by Gasteiger charge is -2.27. The molecule has 4 N–H and O–H groups in total. The fourth-order valence-corrected chi connectivity index (χ4v) is 5.65. The fourth-order valence-electron chi connectivity index (χ4n) is 4.41. The van der Waals surface area contributed by atoms with Gasteiger partial charge in [-0.2, -0.15) is 10.2 Å². The molecule has 44 heavy (non-hydrogen) atoms. The highest BCUT2D eigenvalue weighted by Gasteiger charge is 2.35. The third-order valence-electron chi connectivity index (χ3n) is 6.63. The Bertz CT molecular complexity index is 1740. The van der Waals surface area contributed by atoms with Gasteiger partial charge in [0.25, 0.3) is 5.56 Å². The van der Waals surface area contributed by atoms with E-state index >= 15 is 0 Å². The summed E-state index contributed by atoms with van der Waals surface area (Å²) in [7, 11) is 1.49. The van der Waals surface area contributed by atoms with Gasteiger partial charge < -0.3 is 15.2 Å². The third kappa shape index (κ3) is 7.20. The highest BCUT2D eigenvalue weighted by molar-refractivity contribution is 7.21. The van der Waals surface area contributed by atoms with Crippen LogP contribution in [0.4, 0.5) is 4.39 Å². The van der Waals surface area contributed by atoms with Gasteiger partial charge in [0.05, 0.1) is 37.9 Å². The standard InChI is InChI=1S/C25H29FN6O4S.C3H7NO3/c1-14(2)29-23(34)25(4,5)31-20(33)19-15(3)21(32-27-10-11-28-32)37-22(19)30(24(31)35)12-9-16-13-17(26)7-8-18(16)36-6;5-2-1-3(6)4-7/h7-8,10-11,13-14H,9,12H2,1-6H3,(H,29,34);5,7H,1-2H2,(H,4,6). The molecule has 0 atom stereocenters. The van der Waals surface area contributed by atoms with Crippen LogP contribution in [0.1, 0.15) is 45.2 Å². The van der Waals surface area contributed by atoms with Gasteiger partial charge in [0.1, 0.15) is 26.9 Å². The summed E-state index contributed by atoms with van der Waals surface area (Å²) in [6, 6.07) is 4.00. The van der Waals surface area contributed by atoms with Crippen LogP contribution in [0.3, 0.4) is 0 Å². The van der Waals surface area contributed by atoms with Gasteiger partial charge >= 0.3 is 5.69 Å². The number of carbonyl (C=O) groups is 2. The van der Waals surface area contributed by atoms with E-state index in [9.17, 15) is 23.6 Å². The Morgan fingerprint density at radius 2 is 1.84 bits per heavy atom. The number of rotatable bonds is 10. The monoisotopic (exact) mass is 633 g/mol. The highest BCUT2D eigenvalue weighted by Crippen LogP contribution is 2.31. The van der Waals surface area contributed by atoms with Gasteiger partial charge in [0.2, 0.25) is 11.8 Å². The predicted molar refractivity (Wildman–Crippen MR) is 161 cm³/mol. The first-order valence-electron chi connectivity index (χ1n) is 13.6. The SMILES string of the molecule is COc1ccc(F)cc1CCn1c(=O)n(C(C)(C)C(=O)NC(C)C)c(=O)c2c(C)c(-n3nccn3)sc21.O=C(CCO)NO. The molecular formula is C28H36FN7O7S. The molecule has 0 spiro atoms. The summed E-state index contributed by atoms with van der Waals surface area (Å²) >= 11 is 1.20. The average Bonchev–Trinajstić information content (AvgIpc) is 3.61. The Labute approximate surface area is 255 Å². The largest absolute Gasteiger partial charge is 0.496 e. The molecule has 3 aromatic heterocycles. The Hall–Kier alpha value is -4.41. The van der Waals surface area contributed by atoms with Gasteiger partial charge in [0.15, 0.2) is 0 Å². The number of aliphatic hydroxyl groups is 1. The second-order valence-corrected chi connectivity index (χ2v) is 11.5. The summed E-state index contributed by atoms with van der Waals surface area (Å²) in [5.74, 6) is -0.966. The lowest BCUT2D eigenvalue weighted by molar-refractivity contribution is -0.130. The first-order valence-corrected chi connectivity index (χ1v) is 14.4. The van der Waals surface area contributed by atoms with E-state index in [-0.39, 0.29) is 32.0 Å². The highest BCUT2D eigenvalue weighted by atomic mass is 32.1. The Morgan fingerprint density at radius 1 is 1.18 bits per heavy atom. The first kappa shape index (κ1) is 34.1. The molecule has 1 aromatic carbocycles. The van der Waals surface area contributed by atoms with E-state index in [0.29, 0.717) is 32.1 Å². The minimum atomic E-state index is -1.48. The second-order valence-electron chi connectivity index (χ2n) is 10.5. The van der Waals surface area contributed by atoms with Crippen LogP contribution in [0.25, 0.3) is 15.2 Å². The molecule has 4 rings (SSSR count).